The van der Waals surface area contributed by atoms with E-state index in [4.69, 9.17) is 0 Å². The molecule has 2 heteroatoms. The molecular weight excluding hydrogens is 136 g/mol. The van der Waals surface area contributed by atoms with Gasteiger partial charge >= 0.3 is 0 Å². The molecular formula is C9H16N2. The molecule has 0 N–H and O–H groups in total. The molecule has 0 fully saturated rings. The molecule has 1 aliphatic heterocycles. The average Bonchev–Trinajstić information content (AvgIpc) is 2.18. The lowest BCUT2D eigenvalue weighted by Crippen LogP contribution is -1.82. The van der Waals surface area contributed by atoms with Gasteiger partial charge in [0.25, 0.3) is 0 Å². The molecule has 0 bridgehead atoms. The largest absolute Gasteiger partial charge is 0.163 e. The molecule has 1 aliphatic rings. The summed E-state index contributed by atoms with van der Waals surface area (Å²) in [6.45, 7) is 8.03. The zero-order chi connectivity index (χ0) is 8.69. The van der Waals surface area contributed by atoms with Crippen LogP contribution < -0.4 is 0 Å². The Balaban J connectivity index is 0.000000461. The summed E-state index contributed by atoms with van der Waals surface area (Å²) < 4.78 is 0. The van der Waals surface area contributed by atoms with Gasteiger partial charge in [0.2, 0.25) is 0 Å². The molecule has 0 spiro atoms. The molecule has 0 unspecified atom stereocenters. The van der Waals surface area contributed by atoms with E-state index in [1.165, 1.54) is 5.57 Å². The second-order valence-corrected chi connectivity index (χ2v) is 2.23. The van der Waals surface area contributed by atoms with Crippen LogP contribution in [-0.4, -0.2) is 11.9 Å². The van der Waals surface area contributed by atoms with Gasteiger partial charge in [-0.2, -0.15) is 10.2 Å². The summed E-state index contributed by atoms with van der Waals surface area (Å²) in [5, 5.41) is 7.70. The topological polar surface area (TPSA) is 24.7 Å². The van der Waals surface area contributed by atoms with E-state index in [0.717, 1.165) is 12.1 Å². The van der Waals surface area contributed by atoms with Crippen LogP contribution in [0.3, 0.4) is 0 Å². The number of hydrogen-bond donors (Lipinski definition) is 0. The zero-order valence-electron chi connectivity index (χ0n) is 7.76. The Morgan fingerprint density at radius 1 is 1.27 bits per heavy atom. The Kier molecular flexibility index (Phi) is 5.35. The SMILES string of the molecule is CC.CC1=CC(C)=NN=CC1. The summed E-state index contributed by atoms with van der Waals surface area (Å²) in [6, 6.07) is 0. The van der Waals surface area contributed by atoms with Crippen molar-refractivity contribution < 1.29 is 0 Å². The molecule has 0 saturated heterocycles. The maximum absolute atomic E-state index is 3.88. The second kappa shape index (κ2) is 5.83. The maximum Gasteiger partial charge on any atom is 0.0599 e. The van der Waals surface area contributed by atoms with Crippen molar-refractivity contribution in [2.75, 3.05) is 0 Å². The average molecular weight is 152 g/mol. The third kappa shape index (κ3) is 4.48. The van der Waals surface area contributed by atoms with Crippen LogP contribution in [-0.2, 0) is 0 Å². The predicted octanol–water partition coefficient (Wildman–Crippen LogP) is 2.81. The number of nitrogens with zero attached hydrogens (tertiary/aromatic N) is 2. The van der Waals surface area contributed by atoms with Crippen LogP contribution >= 0.6 is 0 Å². The molecule has 2 nitrogen and oxygen atoms in total. The van der Waals surface area contributed by atoms with Crippen molar-refractivity contribution in [2.24, 2.45) is 10.2 Å². The highest BCUT2D eigenvalue weighted by Crippen LogP contribution is 2.01. The molecule has 0 aromatic heterocycles. The van der Waals surface area contributed by atoms with Crippen LogP contribution in [0, 0.1) is 0 Å². The first-order valence-electron chi connectivity index (χ1n) is 4.02. The van der Waals surface area contributed by atoms with Gasteiger partial charge in [0, 0.05) is 12.6 Å². The van der Waals surface area contributed by atoms with Gasteiger partial charge in [-0.15, -0.1) is 0 Å². The third-order valence-electron chi connectivity index (χ3n) is 1.17. The van der Waals surface area contributed by atoms with Crippen molar-refractivity contribution in [1.82, 2.24) is 0 Å². The molecule has 1 rings (SSSR count). The normalized spacial score (nSPS) is 15.6. The van der Waals surface area contributed by atoms with E-state index in [2.05, 4.69) is 17.1 Å². The van der Waals surface area contributed by atoms with E-state index < -0.39 is 0 Å². The Bertz CT molecular complexity index is 188. The fourth-order valence-corrected chi connectivity index (χ4v) is 0.761. The third-order valence-corrected chi connectivity index (χ3v) is 1.17. The summed E-state index contributed by atoms with van der Waals surface area (Å²) >= 11 is 0. The first-order chi connectivity index (χ1) is 5.29. The van der Waals surface area contributed by atoms with Gasteiger partial charge in [-0.3, -0.25) is 0 Å². The Hall–Kier alpha value is -0.920. The van der Waals surface area contributed by atoms with Gasteiger partial charge in [-0.25, -0.2) is 0 Å². The quantitative estimate of drug-likeness (QED) is 0.510. The van der Waals surface area contributed by atoms with Crippen LogP contribution in [0.1, 0.15) is 34.1 Å². The van der Waals surface area contributed by atoms with E-state index in [9.17, 15) is 0 Å². The standard InChI is InChI=1S/C7H10N2.C2H6/c1-6-3-4-8-9-7(2)5-6;1-2/h4-5H,3H2,1-2H3;1-2H3. The van der Waals surface area contributed by atoms with E-state index in [-0.39, 0.29) is 0 Å². The van der Waals surface area contributed by atoms with E-state index in [0.29, 0.717) is 0 Å². The lowest BCUT2D eigenvalue weighted by Gasteiger charge is -1.88. The molecule has 1 heterocycles. The van der Waals surface area contributed by atoms with Gasteiger partial charge in [-0.05, 0) is 19.9 Å². The van der Waals surface area contributed by atoms with Crippen LogP contribution in [0.25, 0.3) is 0 Å². The fourth-order valence-electron chi connectivity index (χ4n) is 0.761. The number of hydrogen-bond acceptors (Lipinski definition) is 2. The van der Waals surface area contributed by atoms with Crippen LogP contribution in [0.2, 0.25) is 0 Å². The first-order valence-corrected chi connectivity index (χ1v) is 4.02. The number of allylic oxidation sites excluding steroid dienone is 2. The monoisotopic (exact) mass is 152 g/mol. The summed E-state index contributed by atoms with van der Waals surface area (Å²) in [5.74, 6) is 0. The van der Waals surface area contributed by atoms with Gasteiger partial charge in [0.15, 0.2) is 0 Å². The molecule has 0 radical (unpaired) electrons. The molecule has 0 amide bonds. The van der Waals surface area contributed by atoms with Crippen molar-refractivity contribution in [3.8, 4) is 0 Å². The second-order valence-electron chi connectivity index (χ2n) is 2.23. The molecule has 0 atom stereocenters. The Labute approximate surface area is 68.7 Å². The zero-order valence-corrected chi connectivity index (χ0v) is 7.76. The molecule has 62 valence electrons. The lowest BCUT2D eigenvalue weighted by atomic mass is 10.2. The van der Waals surface area contributed by atoms with Crippen molar-refractivity contribution in [2.45, 2.75) is 34.1 Å². The first kappa shape index (κ1) is 10.1. The summed E-state index contributed by atoms with van der Waals surface area (Å²) in [7, 11) is 0. The van der Waals surface area contributed by atoms with Crippen molar-refractivity contribution in [3.63, 3.8) is 0 Å². The molecule has 11 heavy (non-hydrogen) atoms. The fraction of sp³-hybridized carbons (Fsp3) is 0.556. The smallest absolute Gasteiger partial charge is 0.0599 e. The molecule has 0 aromatic rings. The van der Waals surface area contributed by atoms with Gasteiger partial charge < -0.3 is 0 Å². The highest BCUT2D eigenvalue weighted by molar-refractivity contribution is 5.94. The summed E-state index contributed by atoms with van der Waals surface area (Å²) in [6.07, 6.45) is 4.80. The van der Waals surface area contributed by atoms with E-state index in [1.807, 2.05) is 33.1 Å². The summed E-state index contributed by atoms with van der Waals surface area (Å²) in [5.41, 5.74) is 2.30. The predicted molar refractivity (Wildman–Crippen MR) is 51.3 cm³/mol. The van der Waals surface area contributed by atoms with Crippen molar-refractivity contribution >= 4 is 11.9 Å². The minimum Gasteiger partial charge on any atom is -0.163 e. The molecule has 0 aromatic carbocycles. The van der Waals surface area contributed by atoms with Crippen molar-refractivity contribution in [1.29, 1.82) is 0 Å². The van der Waals surface area contributed by atoms with Crippen LogP contribution in [0.4, 0.5) is 0 Å². The van der Waals surface area contributed by atoms with Gasteiger partial charge in [0.05, 0.1) is 5.71 Å². The molecule has 0 saturated carbocycles. The van der Waals surface area contributed by atoms with Crippen LogP contribution in [0.15, 0.2) is 21.9 Å². The van der Waals surface area contributed by atoms with E-state index in [1.54, 1.807) is 0 Å². The number of rotatable bonds is 0. The highest BCUT2D eigenvalue weighted by atomic mass is 15.2. The minimum absolute atomic E-state index is 0.931. The van der Waals surface area contributed by atoms with Crippen LogP contribution in [0.5, 0.6) is 0 Å². The highest BCUT2D eigenvalue weighted by Gasteiger charge is 1.91. The Morgan fingerprint density at radius 2 is 1.91 bits per heavy atom. The Morgan fingerprint density at radius 3 is 2.55 bits per heavy atom. The lowest BCUT2D eigenvalue weighted by molar-refractivity contribution is 1.23. The molecule has 0 aliphatic carbocycles. The van der Waals surface area contributed by atoms with Gasteiger partial charge in [0.1, 0.15) is 0 Å². The van der Waals surface area contributed by atoms with Crippen molar-refractivity contribution in [3.05, 3.63) is 11.6 Å². The van der Waals surface area contributed by atoms with Gasteiger partial charge in [-0.1, -0.05) is 19.4 Å². The summed E-state index contributed by atoms with van der Waals surface area (Å²) in [4.78, 5) is 0. The van der Waals surface area contributed by atoms with E-state index >= 15 is 0 Å². The maximum atomic E-state index is 3.88. The minimum atomic E-state index is 0.931.